The maximum absolute atomic E-state index is 13.1. The van der Waals surface area contributed by atoms with Gasteiger partial charge in [-0.3, -0.25) is 4.79 Å². The lowest BCUT2D eigenvalue weighted by Crippen LogP contribution is -2.41. The van der Waals surface area contributed by atoms with Gasteiger partial charge in [-0.1, -0.05) is 6.92 Å². The molecule has 13 heavy (non-hydrogen) atoms. The van der Waals surface area contributed by atoms with Gasteiger partial charge in [0.2, 0.25) is 5.91 Å². The van der Waals surface area contributed by atoms with E-state index in [1.807, 2.05) is 0 Å². The van der Waals surface area contributed by atoms with Crippen LogP contribution < -0.4 is 0 Å². The van der Waals surface area contributed by atoms with Crippen molar-refractivity contribution in [1.29, 1.82) is 0 Å². The third-order valence-corrected chi connectivity index (χ3v) is 2.43. The number of alkyl halides is 1. The molecule has 0 unspecified atom stereocenters. The quantitative estimate of drug-likeness (QED) is 0.644. The molecule has 1 fully saturated rings. The summed E-state index contributed by atoms with van der Waals surface area (Å²) in [6.45, 7) is 2.65. The molecule has 1 aliphatic rings. The number of hydrogen-bond donors (Lipinski definition) is 1. The van der Waals surface area contributed by atoms with Crippen molar-refractivity contribution in [2.75, 3.05) is 6.54 Å². The Kier molecular flexibility index (Phi) is 2.54. The molecule has 1 N–H and O–H groups in total. The van der Waals surface area contributed by atoms with Gasteiger partial charge in [0.25, 0.3) is 0 Å². The van der Waals surface area contributed by atoms with E-state index < -0.39 is 24.1 Å². The van der Waals surface area contributed by atoms with Crippen molar-refractivity contribution in [2.45, 2.75) is 26.1 Å². The molecule has 0 aromatic heterocycles. The van der Waals surface area contributed by atoms with Crippen molar-refractivity contribution in [3.8, 4) is 0 Å². The van der Waals surface area contributed by atoms with E-state index in [0.29, 0.717) is 0 Å². The van der Waals surface area contributed by atoms with Crippen LogP contribution in [0.5, 0.6) is 0 Å². The molecule has 1 aliphatic heterocycles. The number of carbonyl (C=O) groups excluding carboxylic acids is 1. The fraction of sp³-hybridized carbons (Fsp3) is 0.750. The number of carbonyl (C=O) groups is 2. The lowest BCUT2D eigenvalue weighted by molar-refractivity contribution is -0.148. The number of amides is 1. The van der Waals surface area contributed by atoms with E-state index in [-0.39, 0.29) is 12.5 Å². The van der Waals surface area contributed by atoms with Crippen LogP contribution in [0.1, 0.15) is 13.8 Å². The lowest BCUT2D eigenvalue weighted by atomic mass is 10.0. The Bertz CT molecular complexity index is 244. The van der Waals surface area contributed by atoms with Crippen LogP contribution in [-0.2, 0) is 9.59 Å². The molecule has 0 radical (unpaired) electrons. The SMILES string of the molecule is CC(=O)N1C[C@H](F)[C@H](C)[C@H]1C(=O)O. The fourth-order valence-corrected chi connectivity index (χ4v) is 1.63. The summed E-state index contributed by atoms with van der Waals surface area (Å²) in [4.78, 5) is 22.7. The molecule has 74 valence electrons. The van der Waals surface area contributed by atoms with Crippen LogP contribution in [0, 0.1) is 5.92 Å². The molecule has 0 bridgehead atoms. The molecule has 0 aliphatic carbocycles. The van der Waals surface area contributed by atoms with E-state index in [0.717, 1.165) is 4.90 Å². The van der Waals surface area contributed by atoms with Crippen molar-refractivity contribution >= 4 is 11.9 Å². The minimum absolute atomic E-state index is 0.104. The Morgan fingerprint density at radius 3 is 2.38 bits per heavy atom. The second kappa shape index (κ2) is 3.32. The third kappa shape index (κ3) is 1.64. The van der Waals surface area contributed by atoms with E-state index in [9.17, 15) is 14.0 Å². The van der Waals surface area contributed by atoms with E-state index in [4.69, 9.17) is 5.11 Å². The van der Waals surface area contributed by atoms with Crippen LogP contribution in [0.3, 0.4) is 0 Å². The Labute approximate surface area is 75.3 Å². The van der Waals surface area contributed by atoms with Crippen molar-refractivity contribution in [2.24, 2.45) is 5.92 Å². The van der Waals surface area contributed by atoms with Crippen LogP contribution in [0.2, 0.25) is 0 Å². The molecule has 5 heteroatoms. The number of carboxylic acids is 1. The zero-order chi connectivity index (χ0) is 10.2. The Morgan fingerprint density at radius 2 is 2.08 bits per heavy atom. The van der Waals surface area contributed by atoms with Crippen molar-refractivity contribution in [1.82, 2.24) is 4.90 Å². The van der Waals surface area contributed by atoms with E-state index in [1.54, 1.807) is 0 Å². The highest BCUT2D eigenvalue weighted by atomic mass is 19.1. The van der Waals surface area contributed by atoms with Gasteiger partial charge in [-0.05, 0) is 0 Å². The van der Waals surface area contributed by atoms with Crippen LogP contribution in [0.15, 0.2) is 0 Å². The smallest absolute Gasteiger partial charge is 0.326 e. The molecule has 0 aromatic rings. The monoisotopic (exact) mass is 189 g/mol. The summed E-state index contributed by atoms with van der Waals surface area (Å²) < 4.78 is 13.1. The van der Waals surface area contributed by atoms with E-state index >= 15 is 0 Å². The molecule has 1 saturated heterocycles. The highest BCUT2D eigenvalue weighted by molar-refractivity contribution is 5.83. The maximum Gasteiger partial charge on any atom is 0.326 e. The number of likely N-dealkylation sites (tertiary alicyclic amines) is 1. The van der Waals surface area contributed by atoms with Gasteiger partial charge in [0, 0.05) is 12.8 Å². The Morgan fingerprint density at radius 1 is 1.54 bits per heavy atom. The Balaban J connectivity index is 2.86. The van der Waals surface area contributed by atoms with Gasteiger partial charge < -0.3 is 10.0 Å². The normalized spacial score (nSPS) is 33.5. The molecular weight excluding hydrogens is 177 g/mol. The first-order chi connectivity index (χ1) is 5.95. The number of carboxylic acid groups (broad SMARTS) is 1. The minimum Gasteiger partial charge on any atom is -0.480 e. The third-order valence-electron chi connectivity index (χ3n) is 2.43. The van der Waals surface area contributed by atoms with Crippen LogP contribution in [-0.4, -0.2) is 40.6 Å². The summed E-state index contributed by atoms with van der Waals surface area (Å²) in [6, 6.07) is -1.01. The van der Waals surface area contributed by atoms with Crippen LogP contribution in [0.25, 0.3) is 0 Å². The molecule has 1 rings (SSSR count). The molecule has 4 nitrogen and oxygen atoms in total. The lowest BCUT2D eigenvalue weighted by Gasteiger charge is -2.20. The van der Waals surface area contributed by atoms with Crippen molar-refractivity contribution in [3.63, 3.8) is 0 Å². The number of rotatable bonds is 1. The van der Waals surface area contributed by atoms with Gasteiger partial charge in [-0.15, -0.1) is 0 Å². The highest BCUT2D eigenvalue weighted by Crippen LogP contribution is 2.26. The number of nitrogens with zero attached hydrogens (tertiary/aromatic N) is 1. The first kappa shape index (κ1) is 9.95. The average Bonchev–Trinajstić information content (AvgIpc) is 2.28. The summed E-state index contributed by atoms with van der Waals surface area (Å²) >= 11 is 0. The van der Waals surface area contributed by atoms with Gasteiger partial charge in [0.1, 0.15) is 12.2 Å². The Hall–Kier alpha value is -1.13. The van der Waals surface area contributed by atoms with Gasteiger partial charge in [0.05, 0.1) is 6.54 Å². The summed E-state index contributed by atoms with van der Waals surface area (Å²) in [7, 11) is 0. The highest BCUT2D eigenvalue weighted by Gasteiger charge is 2.44. The standard InChI is InChI=1S/C8H12FNO3/c1-4-6(9)3-10(5(2)11)7(4)8(12)13/h4,6-7H,3H2,1-2H3,(H,12,13)/t4-,6-,7-/m0/s1. The molecule has 1 heterocycles. The van der Waals surface area contributed by atoms with E-state index in [2.05, 4.69) is 0 Å². The molecule has 0 spiro atoms. The van der Waals surface area contributed by atoms with Crippen LogP contribution in [0.4, 0.5) is 4.39 Å². The zero-order valence-electron chi connectivity index (χ0n) is 7.53. The summed E-state index contributed by atoms with van der Waals surface area (Å²) in [6.07, 6.45) is -1.23. The molecule has 0 saturated carbocycles. The fourth-order valence-electron chi connectivity index (χ4n) is 1.63. The van der Waals surface area contributed by atoms with E-state index in [1.165, 1.54) is 13.8 Å². The largest absolute Gasteiger partial charge is 0.480 e. The van der Waals surface area contributed by atoms with Crippen LogP contribution >= 0.6 is 0 Å². The number of hydrogen-bond acceptors (Lipinski definition) is 2. The second-order valence-electron chi connectivity index (χ2n) is 3.33. The summed E-state index contributed by atoms with van der Waals surface area (Å²) in [5.41, 5.74) is 0. The minimum atomic E-state index is -1.23. The first-order valence-corrected chi connectivity index (χ1v) is 4.09. The van der Waals surface area contributed by atoms with Gasteiger partial charge in [-0.2, -0.15) is 0 Å². The topological polar surface area (TPSA) is 57.6 Å². The zero-order valence-corrected chi connectivity index (χ0v) is 7.53. The van der Waals surface area contributed by atoms with Crippen molar-refractivity contribution < 1.29 is 19.1 Å². The maximum atomic E-state index is 13.1. The average molecular weight is 189 g/mol. The number of aliphatic carboxylic acids is 1. The molecule has 3 atom stereocenters. The second-order valence-corrected chi connectivity index (χ2v) is 3.33. The summed E-state index contributed by atoms with van der Waals surface area (Å²) in [5.74, 6) is -2.15. The summed E-state index contributed by atoms with van der Waals surface area (Å²) in [5, 5.41) is 8.76. The number of halogens is 1. The van der Waals surface area contributed by atoms with Crippen molar-refractivity contribution in [3.05, 3.63) is 0 Å². The molecule has 0 aromatic carbocycles. The predicted molar refractivity (Wildman–Crippen MR) is 42.9 cm³/mol. The van der Waals surface area contributed by atoms with Gasteiger partial charge >= 0.3 is 5.97 Å². The molecular formula is C8H12FNO3. The van der Waals surface area contributed by atoms with Gasteiger partial charge in [-0.25, -0.2) is 9.18 Å². The van der Waals surface area contributed by atoms with Gasteiger partial charge in [0.15, 0.2) is 0 Å². The predicted octanol–water partition coefficient (Wildman–Crippen LogP) is 0.276. The molecule has 1 amide bonds. The first-order valence-electron chi connectivity index (χ1n) is 4.09.